The van der Waals surface area contributed by atoms with E-state index in [0.717, 1.165) is 12.3 Å². The second-order valence-electron chi connectivity index (χ2n) is 5.75. The zero-order valence-electron chi connectivity index (χ0n) is 12.0. The smallest absolute Gasteiger partial charge is 0.0836 e. The van der Waals surface area contributed by atoms with Crippen molar-refractivity contribution in [1.82, 2.24) is 5.32 Å². The third-order valence-electron chi connectivity index (χ3n) is 4.41. The molecule has 0 amide bonds. The molecule has 3 unspecified atom stereocenters. The summed E-state index contributed by atoms with van der Waals surface area (Å²) in [7, 11) is 3.94. The van der Waals surface area contributed by atoms with Crippen LogP contribution in [0.4, 0.5) is 0 Å². The lowest BCUT2D eigenvalue weighted by atomic mass is 9.73. The fourth-order valence-corrected chi connectivity index (χ4v) is 4.90. The molecule has 1 heterocycles. The van der Waals surface area contributed by atoms with Crippen LogP contribution in [-0.4, -0.2) is 25.8 Å². The molecule has 0 aliphatic heterocycles. The summed E-state index contributed by atoms with van der Waals surface area (Å²) in [6.07, 6.45) is 6.01. The van der Waals surface area contributed by atoms with Crippen molar-refractivity contribution in [2.45, 2.75) is 50.7 Å². The van der Waals surface area contributed by atoms with E-state index in [1.807, 2.05) is 18.4 Å². The largest absolute Gasteiger partial charge is 0.377 e. The molecule has 1 aliphatic rings. The molecule has 0 saturated heterocycles. The van der Waals surface area contributed by atoms with E-state index in [0.29, 0.717) is 6.04 Å². The Kier molecular flexibility index (Phi) is 5.46. The first-order valence-electron chi connectivity index (χ1n) is 7.05. The van der Waals surface area contributed by atoms with Gasteiger partial charge in [-0.15, -0.1) is 11.3 Å². The number of nitrogens with one attached hydrogen (secondary N) is 1. The summed E-state index contributed by atoms with van der Waals surface area (Å²) in [4.78, 5) is 1.42. The zero-order valence-corrected chi connectivity index (χ0v) is 14.4. The molecule has 2 rings (SSSR count). The van der Waals surface area contributed by atoms with E-state index < -0.39 is 0 Å². The monoisotopic (exact) mass is 345 g/mol. The number of likely N-dealkylation sites (N-methyl/N-ethyl adjacent to an activating group) is 1. The van der Waals surface area contributed by atoms with Crippen molar-refractivity contribution < 1.29 is 4.74 Å². The Balaban J connectivity index is 2.13. The molecule has 0 radical (unpaired) electrons. The lowest BCUT2D eigenvalue weighted by Gasteiger charge is -2.44. The SMILES string of the molecule is CNC(Cc1cc(Br)cs1)C1(OC)CCCC(C)C1. The molecule has 0 spiro atoms. The van der Waals surface area contributed by atoms with E-state index in [2.05, 4.69) is 46.7 Å². The molecular weight excluding hydrogens is 322 g/mol. The molecule has 3 atom stereocenters. The quantitative estimate of drug-likeness (QED) is 0.861. The van der Waals surface area contributed by atoms with E-state index in [4.69, 9.17) is 4.74 Å². The topological polar surface area (TPSA) is 21.3 Å². The van der Waals surface area contributed by atoms with Crippen molar-refractivity contribution in [3.8, 4) is 0 Å². The van der Waals surface area contributed by atoms with Gasteiger partial charge in [0.1, 0.15) is 0 Å². The van der Waals surface area contributed by atoms with Gasteiger partial charge < -0.3 is 10.1 Å². The van der Waals surface area contributed by atoms with Crippen LogP contribution in [0.2, 0.25) is 0 Å². The number of halogens is 1. The minimum absolute atomic E-state index is 0.00286. The Labute approximate surface area is 129 Å². The van der Waals surface area contributed by atoms with Crippen molar-refractivity contribution in [2.24, 2.45) is 5.92 Å². The first kappa shape index (κ1) is 15.5. The second kappa shape index (κ2) is 6.70. The van der Waals surface area contributed by atoms with E-state index in [1.165, 1.54) is 35.0 Å². The number of ether oxygens (including phenoxy) is 1. The molecular formula is C15H24BrNOS. The minimum atomic E-state index is 0.00286. The fraction of sp³-hybridized carbons (Fsp3) is 0.733. The van der Waals surface area contributed by atoms with Gasteiger partial charge in [-0.25, -0.2) is 0 Å². The Morgan fingerprint density at radius 2 is 2.42 bits per heavy atom. The number of hydrogen-bond donors (Lipinski definition) is 1. The van der Waals surface area contributed by atoms with E-state index in [9.17, 15) is 0 Å². The molecule has 1 saturated carbocycles. The minimum Gasteiger partial charge on any atom is -0.377 e. The van der Waals surface area contributed by atoms with E-state index >= 15 is 0 Å². The van der Waals surface area contributed by atoms with Gasteiger partial charge in [-0.3, -0.25) is 0 Å². The van der Waals surface area contributed by atoms with Gasteiger partial charge in [0.15, 0.2) is 0 Å². The van der Waals surface area contributed by atoms with Gasteiger partial charge >= 0.3 is 0 Å². The average Bonchev–Trinajstić information content (AvgIpc) is 2.81. The first-order valence-corrected chi connectivity index (χ1v) is 8.72. The molecule has 4 heteroatoms. The molecule has 2 nitrogen and oxygen atoms in total. The Morgan fingerprint density at radius 3 is 2.95 bits per heavy atom. The molecule has 1 aromatic rings. The van der Waals surface area contributed by atoms with E-state index in [1.54, 1.807) is 0 Å². The van der Waals surface area contributed by atoms with Gasteiger partial charge in [-0.2, -0.15) is 0 Å². The van der Waals surface area contributed by atoms with Crippen molar-refractivity contribution in [3.05, 3.63) is 20.8 Å². The standard InChI is InChI=1S/C15H24BrNOS/c1-11-5-4-6-15(9-11,18-3)14(17-2)8-13-7-12(16)10-19-13/h7,10-11,14,17H,4-6,8-9H2,1-3H3. The van der Waals surface area contributed by atoms with Crippen molar-refractivity contribution in [2.75, 3.05) is 14.2 Å². The summed E-state index contributed by atoms with van der Waals surface area (Å²) in [5.41, 5.74) is 0.00286. The third kappa shape index (κ3) is 3.60. The maximum atomic E-state index is 6.01. The van der Waals surface area contributed by atoms with Crippen molar-refractivity contribution in [1.29, 1.82) is 0 Å². The highest BCUT2D eigenvalue weighted by Crippen LogP contribution is 2.38. The van der Waals surface area contributed by atoms with Crippen LogP contribution < -0.4 is 5.32 Å². The van der Waals surface area contributed by atoms with Crippen LogP contribution in [0.1, 0.15) is 37.5 Å². The lowest BCUT2D eigenvalue weighted by Crippen LogP contribution is -2.54. The predicted octanol–water partition coefficient (Wildman–Crippen LogP) is 4.24. The van der Waals surface area contributed by atoms with Crippen LogP contribution in [-0.2, 0) is 11.2 Å². The van der Waals surface area contributed by atoms with Crippen LogP contribution in [0.25, 0.3) is 0 Å². The maximum absolute atomic E-state index is 6.01. The number of rotatable bonds is 5. The van der Waals surface area contributed by atoms with Crippen molar-refractivity contribution >= 4 is 27.3 Å². The van der Waals surface area contributed by atoms with Gasteiger partial charge in [0.2, 0.25) is 0 Å². The first-order chi connectivity index (χ1) is 9.09. The fourth-order valence-electron chi connectivity index (χ4n) is 3.40. The van der Waals surface area contributed by atoms with Gasteiger partial charge in [-0.1, -0.05) is 19.8 Å². The molecule has 0 bridgehead atoms. The van der Waals surface area contributed by atoms with Gasteiger partial charge in [0.25, 0.3) is 0 Å². The Bertz CT molecular complexity index is 409. The molecule has 0 aromatic carbocycles. The summed E-state index contributed by atoms with van der Waals surface area (Å²) in [6.45, 7) is 2.35. The highest BCUT2D eigenvalue weighted by molar-refractivity contribution is 9.10. The normalized spacial score (nSPS) is 29.4. The molecule has 1 aromatic heterocycles. The average molecular weight is 346 g/mol. The zero-order chi connectivity index (χ0) is 13.9. The number of thiophene rings is 1. The highest BCUT2D eigenvalue weighted by atomic mass is 79.9. The Morgan fingerprint density at radius 1 is 1.63 bits per heavy atom. The summed E-state index contributed by atoms with van der Waals surface area (Å²) < 4.78 is 7.20. The van der Waals surface area contributed by atoms with Crippen LogP contribution in [0.5, 0.6) is 0 Å². The van der Waals surface area contributed by atoms with Crippen LogP contribution in [0.15, 0.2) is 15.9 Å². The molecule has 1 aliphatic carbocycles. The maximum Gasteiger partial charge on any atom is 0.0836 e. The van der Waals surface area contributed by atoms with E-state index in [-0.39, 0.29) is 5.60 Å². The van der Waals surface area contributed by atoms with Crippen molar-refractivity contribution in [3.63, 3.8) is 0 Å². The van der Waals surface area contributed by atoms with Crippen LogP contribution in [0.3, 0.4) is 0 Å². The molecule has 19 heavy (non-hydrogen) atoms. The second-order valence-corrected chi connectivity index (χ2v) is 7.66. The molecule has 1 fully saturated rings. The highest BCUT2D eigenvalue weighted by Gasteiger charge is 2.41. The summed E-state index contributed by atoms with van der Waals surface area (Å²) >= 11 is 5.36. The molecule has 1 N–H and O–H groups in total. The van der Waals surface area contributed by atoms with Gasteiger partial charge in [-0.05, 0) is 54.2 Å². The summed E-state index contributed by atoms with van der Waals surface area (Å²) in [6, 6.07) is 2.62. The van der Waals surface area contributed by atoms with Crippen LogP contribution in [0, 0.1) is 5.92 Å². The number of hydrogen-bond acceptors (Lipinski definition) is 3. The number of methoxy groups -OCH3 is 1. The molecule has 108 valence electrons. The van der Waals surface area contributed by atoms with Gasteiger partial charge in [0, 0.05) is 27.9 Å². The Hall–Kier alpha value is 0.1000. The van der Waals surface area contributed by atoms with Crippen LogP contribution >= 0.6 is 27.3 Å². The lowest BCUT2D eigenvalue weighted by molar-refractivity contribution is -0.0774. The predicted molar refractivity (Wildman–Crippen MR) is 85.9 cm³/mol. The summed E-state index contributed by atoms with van der Waals surface area (Å²) in [5, 5.41) is 5.67. The summed E-state index contributed by atoms with van der Waals surface area (Å²) in [5.74, 6) is 0.764. The third-order valence-corrected chi connectivity index (χ3v) is 6.13. The van der Waals surface area contributed by atoms with Gasteiger partial charge in [0.05, 0.1) is 5.60 Å².